The van der Waals surface area contributed by atoms with Crippen molar-refractivity contribution >= 4 is 12.2 Å². The lowest BCUT2D eigenvalue weighted by Gasteiger charge is -2.06. The molecule has 0 radical (unpaired) electrons. The molecule has 1 aromatic rings. The van der Waals surface area contributed by atoms with Crippen LogP contribution in [-0.4, -0.2) is 20.9 Å². The van der Waals surface area contributed by atoms with Crippen molar-refractivity contribution in [2.45, 2.75) is 26.1 Å². The van der Waals surface area contributed by atoms with Crippen molar-refractivity contribution in [3.8, 4) is 0 Å². The smallest absolute Gasteiger partial charge is 0.304 e. The van der Waals surface area contributed by atoms with Crippen molar-refractivity contribution in [2.24, 2.45) is 0 Å². The van der Waals surface area contributed by atoms with Gasteiger partial charge >= 0.3 is 6.18 Å². The number of rotatable bonds is 2. The van der Waals surface area contributed by atoms with Crippen LogP contribution in [0.4, 0.5) is 13.2 Å². The Bertz CT molecular complexity index is 338. The third kappa shape index (κ3) is 2.83. The van der Waals surface area contributed by atoms with Gasteiger partial charge < -0.3 is 4.57 Å². The Morgan fingerprint density at radius 2 is 2.15 bits per heavy atom. The van der Waals surface area contributed by atoms with E-state index in [0.717, 1.165) is 0 Å². The summed E-state index contributed by atoms with van der Waals surface area (Å²) in [6.07, 6.45) is -5.04. The number of nitrogens with one attached hydrogen (secondary N) is 1. The second kappa shape index (κ2) is 3.49. The van der Waals surface area contributed by atoms with E-state index in [-0.39, 0.29) is 11.3 Å². The lowest BCUT2D eigenvalue weighted by atomic mass is 10.4. The highest BCUT2D eigenvalue weighted by Crippen LogP contribution is 2.20. The fourth-order valence-electron chi connectivity index (χ4n) is 0.898. The Hall–Kier alpha value is -0.850. The lowest BCUT2D eigenvalue weighted by molar-refractivity contribution is -0.136. The zero-order valence-electron chi connectivity index (χ0n) is 6.85. The van der Waals surface area contributed by atoms with Gasteiger partial charge in [-0.25, -0.2) is 0 Å². The van der Waals surface area contributed by atoms with Gasteiger partial charge in [-0.05, 0) is 19.1 Å². The number of H-pyrrole nitrogens is 1. The molecule has 0 spiro atoms. The minimum atomic E-state index is -4.15. The van der Waals surface area contributed by atoms with Crippen LogP contribution in [0.2, 0.25) is 0 Å². The van der Waals surface area contributed by atoms with E-state index in [4.69, 9.17) is 12.2 Å². The Morgan fingerprint density at radius 1 is 1.54 bits per heavy atom. The molecule has 1 heterocycles. The van der Waals surface area contributed by atoms with Crippen molar-refractivity contribution in [3.63, 3.8) is 0 Å². The van der Waals surface area contributed by atoms with Crippen molar-refractivity contribution in [1.82, 2.24) is 14.8 Å². The van der Waals surface area contributed by atoms with Gasteiger partial charge in [0, 0.05) is 6.54 Å². The first-order valence-electron chi connectivity index (χ1n) is 3.59. The van der Waals surface area contributed by atoms with Crippen molar-refractivity contribution in [1.29, 1.82) is 0 Å². The molecule has 0 aliphatic heterocycles. The average molecular weight is 211 g/mol. The summed E-state index contributed by atoms with van der Waals surface area (Å²) in [5.74, 6) is 0.467. The van der Waals surface area contributed by atoms with Gasteiger partial charge in [0.25, 0.3) is 0 Å². The Kier molecular flexibility index (Phi) is 2.74. The van der Waals surface area contributed by atoms with Crippen LogP contribution >= 0.6 is 12.2 Å². The molecule has 0 bridgehead atoms. The zero-order valence-corrected chi connectivity index (χ0v) is 7.67. The fraction of sp³-hybridized carbons (Fsp3) is 0.667. The van der Waals surface area contributed by atoms with E-state index in [1.807, 2.05) is 0 Å². The van der Waals surface area contributed by atoms with Crippen LogP contribution in [0.15, 0.2) is 0 Å². The normalized spacial score (nSPS) is 12.0. The van der Waals surface area contributed by atoms with Crippen LogP contribution < -0.4 is 0 Å². The summed E-state index contributed by atoms with van der Waals surface area (Å²) >= 11 is 4.74. The number of alkyl halides is 3. The molecule has 1 aromatic heterocycles. The number of aryl methyl sites for hydroxylation is 1. The second-order valence-corrected chi connectivity index (χ2v) is 2.98. The summed E-state index contributed by atoms with van der Waals surface area (Å²) < 4.78 is 37.0. The fourth-order valence-corrected chi connectivity index (χ4v) is 1.17. The largest absolute Gasteiger partial charge is 0.390 e. The van der Waals surface area contributed by atoms with Gasteiger partial charge in [-0.2, -0.15) is 18.3 Å². The number of halogens is 3. The van der Waals surface area contributed by atoms with Gasteiger partial charge in [0.1, 0.15) is 5.82 Å². The molecule has 7 heteroatoms. The molecule has 0 aromatic carbocycles. The molecule has 0 saturated heterocycles. The van der Waals surface area contributed by atoms with Crippen LogP contribution in [0, 0.1) is 11.7 Å². The topological polar surface area (TPSA) is 33.6 Å². The SMILES string of the molecule is Cc1n[nH]c(=S)n1CCC(F)(F)F. The van der Waals surface area contributed by atoms with Gasteiger partial charge in [0.15, 0.2) is 4.77 Å². The molecule has 0 aliphatic carbocycles. The molecule has 1 rings (SSSR count). The maximum atomic E-state index is 11.8. The van der Waals surface area contributed by atoms with E-state index < -0.39 is 12.6 Å². The zero-order chi connectivity index (χ0) is 10.1. The van der Waals surface area contributed by atoms with Crippen molar-refractivity contribution < 1.29 is 13.2 Å². The van der Waals surface area contributed by atoms with E-state index in [0.29, 0.717) is 5.82 Å². The Morgan fingerprint density at radius 3 is 2.54 bits per heavy atom. The summed E-state index contributed by atoms with van der Waals surface area (Å²) in [5.41, 5.74) is 0. The van der Waals surface area contributed by atoms with E-state index in [2.05, 4.69) is 10.2 Å². The number of aromatic nitrogens is 3. The molecule has 0 unspecified atom stereocenters. The molecular formula is C6H8F3N3S. The molecule has 0 atom stereocenters. The number of hydrogen-bond donors (Lipinski definition) is 1. The minimum Gasteiger partial charge on any atom is -0.304 e. The first-order chi connectivity index (χ1) is 5.90. The number of hydrogen-bond acceptors (Lipinski definition) is 2. The molecule has 0 aliphatic rings. The Balaban J connectivity index is 2.70. The van der Waals surface area contributed by atoms with E-state index in [1.54, 1.807) is 6.92 Å². The third-order valence-corrected chi connectivity index (χ3v) is 1.88. The van der Waals surface area contributed by atoms with Crippen LogP contribution in [0.5, 0.6) is 0 Å². The molecule has 0 amide bonds. The maximum Gasteiger partial charge on any atom is 0.390 e. The number of nitrogens with zero attached hydrogens (tertiary/aromatic N) is 2. The summed E-state index contributed by atoms with van der Waals surface area (Å²) in [6.45, 7) is 1.42. The van der Waals surface area contributed by atoms with Crippen LogP contribution in [0.1, 0.15) is 12.2 Å². The molecule has 0 saturated carbocycles. The summed E-state index contributed by atoms with van der Waals surface area (Å²) in [6, 6.07) is 0. The van der Waals surface area contributed by atoms with E-state index in [1.165, 1.54) is 4.57 Å². The maximum absolute atomic E-state index is 11.8. The highest BCUT2D eigenvalue weighted by Gasteiger charge is 2.26. The predicted molar refractivity (Wildman–Crippen MR) is 42.8 cm³/mol. The second-order valence-electron chi connectivity index (χ2n) is 2.59. The van der Waals surface area contributed by atoms with Crippen molar-refractivity contribution in [3.05, 3.63) is 10.6 Å². The summed E-state index contributed by atoms with van der Waals surface area (Å²) in [7, 11) is 0. The van der Waals surface area contributed by atoms with Gasteiger partial charge in [0.05, 0.1) is 6.42 Å². The van der Waals surface area contributed by atoms with Gasteiger partial charge in [-0.3, -0.25) is 5.10 Å². The summed E-state index contributed by atoms with van der Waals surface area (Å²) in [4.78, 5) is 0. The first-order valence-corrected chi connectivity index (χ1v) is 3.99. The molecule has 74 valence electrons. The minimum absolute atomic E-state index is 0.176. The number of aromatic amines is 1. The van der Waals surface area contributed by atoms with Crippen LogP contribution in [0.3, 0.4) is 0 Å². The highest BCUT2D eigenvalue weighted by molar-refractivity contribution is 7.71. The van der Waals surface area contributed by atoms with Crippen molar-refractivity contribution in [2.75, 3.05) is 0 Å². The van der Waals surface area contributed by atoms with E-state index >= 15 is 0 Å². The van der Waals surface area contributed by atoms with Crippen LogP contribution in [-0.2, 0) is 6.54 Å². The van der Waals surface area contributed by atoms with Gasteiger partial charge in [-0.15, -0.1) is 0 Å². The van der Waals surface area contributed by atoms with Gasteiger partial charge in [-0.1, -0.05) is 0 Å². The first kappa shape index (κ1) is 10.2. The van der Waals surface area contributed by atoms with Crippen LogP contribution in [0.25, 0.3) is 0 Å². The lowest BCUT2D eigenvalue weighted by Crippen LogP contribution is -2.13. The monoisotopic (exact) mass is 211 g/mol. The third-order valence-electron chi connectivity index (χ3n) is 1.57. The summed E-state index contributed by atoms with van der Waals surface area (Å²) in [5, 5.41) is 6.12. The van der Waals surface area contributed by atoms with Gasteiger partial charge in [0.2, 0.25) is 0 Å². The molecule has 3 nitrogen and oxygen atoms in total. The standard InChI is InChI=1S/C6H8F3N3S/c1-4-10-11-5(13)12(4)3-2-6(7,8)9/h2-3H2,1H3,(H,11,13). The highest BCUT2D eigenvalue weighted by atomic mass is 32.1. The quantitative estimate of drug-likeness (QED) is 0.761. The molecular weight excluding hydrogens is 203 g/mol. The molecule has 13 heavy (non-hydrogen) atoms. The average Bonchev–Trinajstić information content (AvgIpc) is 2.27. The molecule has 1 N–H and O–H groups in total. The Labute approximate surface area is 77.6 Å². The van der Waals surface area contributed by atoms with E-state index in [9.17, 15) is 13.2 Å². The molecule has 0 fully saturated rings. The predicted octanol–water partition coefficient (Wildman–Crippen LogP) is 2.20.